The molecule has 0 unspecified atom stereocenters. The van der Waals surface area contributed by atoms with Gasteiger partial charge in [-0.25, -0.2) is 4.79 Å². The van der Waals surface area contributed by atoms with E-state index in [2.05, 4.69) is 25.4 Å². The van der Waals surface area contributed by atoms with Gasteiger partial charge in [0.25, 0.3) is 0 Å². The van der Waals surface area contributed by atoms with Gasteiger partial charge in [0.2, 0.25) is 11.7 Å². The highest BCUT2D eigenvalue weighted by Crippen LogP contribution is 2.28. The van der Waals surface area contributed by atoms with Gasteiger partial charge in [-0.05, 0) is 37.1 Å². The Morgan fingerprint density at radius 3 is 2.79 bits per heavy atom. The topological polar surface area (TPSA) is 103 Å². The lowest BCUT2D eigenvalue weighted by Gasteiger charge is -2.29. The number of benzene rings is 1. The Morgan fingerprint density at radius 2 is 1.96 bits per heavy atom. The van der Waals surface area contributed by atoms with Gasteiger partial charge in [0, 0.05) is 37.0 Å². The fourth-order valence-electron chi connectivity index (χ4n) is 3.48. The molecule has 1 saturated heterocycles. The number of fused-ring (bicyclic) bond motifs is 1. The summed E-state index contributed by atoms with van der Waals surface area (Å²) in [5, 5.41) is 12.1. The van der Waals surface area contributed by atoms with Gasteiger partial charge in [0.1, 0.15) is 5.52 Å². The van der Waals surface area contributed by atoms with Crippen LogP contribution in [0.2, 0.25) is 0 Å². The van der Waals surface area contributed by atoms with Crippen molar-refractivity contribution in [2.45, 2.75) is 18.8 Å². The first kappa shape index (κ1) is 16.5. The van der Waals surface area contributed by atoms with E-state index in [9.17, 15) is 4.79 Å². The Morgan fingerprint density at radius 1 is 1.11 bits per heavy atom. The normalized spacial score (nSPS) is 15.2. The van der Waals surface area contributed by atoms with Crippen LogP contribution < -0.4 is 0 Å². The van der Waals surface area contributed by atoms with E-state index in [4.69, 9.17) is 4.52 Å². The highest BCUT2D eigenvalue weighted by atomic mass is 16.5. The van der Waals surface area contributed by atoms with Crippen molar-refractivity contribution in [2.75, 3.05) is 13.1 Å². The van der Waals surface area contributed by atoms with E-state index in [1.807, 2.05) is 36.4 Å². The molecule has 5 rings (SSSR count). The molecule has 9 heteroatoms. The highest BCUT2D eigenvalue weighted by Gasteiger charge is 2.29. The van der Waals surface area contributed by atoms with Gasteiger partial charge < -0.3 is 9.42 Å². The Bertz CT molecular complexity index is 1110. The van der Waals surface area contributed by atoms with Crippen molar-refractivity contribution < 1.29 is 9.32 Å². The molecule has 4 heterocycles. The Kier molecular flexibility index (Phi) is 4.04. The Labute approximate surface area is 160 Å². The van der Waals surface area contributed by atoms with Crippen LogP contribution in [0.5, 0.6) is 0 Å². The molecule has 1 aromatic carbocycles. The van der Waals surface area contributed by atoms with Crippen LogP contribution in [0, 0.1) is 0 Å². The number of amides is 1. The number of piperidine rings is 1. The minimum Gasteiger partial charge on any atom is -0.339 e. The van der Waals surface area contributed by atoms with E-state index < -0.39 is 0 Å². The molecule has 1 fully saturated rings. The van der Waals surface area contributed by atoms with Crippen LogP contribution >= 0.6 is 0 Å². The standard InChI is InChI=1S/C19H17N7O2/c27-19(26-16-6-2-1-5-15(16)22-24-26)25-10-7-13(8-11-25)18-21-17(23-28-18)14-4-3-9-20-12-14/h1-6,9,12-13H,7-8,10-11H2. The molecule has 1 amide bonds. The zero-order valence-corrected chi connectivity index (χ0v) is 15.0. The summed E-state index contributed by atoms with van der Waals surface area (Å²) in [6.07, 6.45) is 4.92. The van der Waals surface area contributed by atoms with Crippen LogP contribution in [-0.2, 0) is 0 Å². The van der Waals surface area contributed by atoms with Crippen LogP contribution in [0.4, 0.5) is 4.79 Å². The zero-order valence-electron chi connectivity index (χ0n) is 15.0. The summed E-state index contributed by atoms with van der Waals surface area (Å²) in [5.41, 5.74) is 2.25. The SMILES string of the molecule is O=C(N1CCC(c2nc(-c3cccnc3)no2)CC1)n1nnc2ccccc21. The lowest BCUT2D eigenvalue weighted by molar-refractivity contribution is 0.174. The van der Waals surface area contributed by atoms with E-state index in [-0.39, 0.29) is 11.9 Å². The number of hydrogen-bond acceptors (Lipinski definition) is 7. The van der Waals surface area contributed by atoms with Gasteiger partial charge in [0.15, 0.2) is 0 Å². The Balaban J connectivity index is 1.28. The van der Waals surface area contributed by atoms with Gasteiger partial charge in [-0.1, -0.05) is 22.5 Å². The summed E-state index contributed by atoms with van der Waals surface area (Å²) < 4.78 is 6.83. The van der Waals surface area contributed by atoms with Crippen LogP contribution in [0.15, 0.2) is 53.3 Å². The van der Waals surface area contributed by atoms with Crippen molar-refractivity contribution in [3.63, 3.8) is 0 Å². The molecule has 4 aromatic rings. The molecule has 1 aliphatic rings. The number of likely N-dealkylation sites (tertiary alicyclic amines) is 1. The molecular weight excluding hydrogens is 358 g/mol. The number of hydrogen-bond donors (Lipinski definition) is 0. The van der Waals surface area contributed by atoms with Crippen molar-refractivity contribution >= 4 is 17.1 Å². The van der Waals surface area contributed by atoms with E-state index >= 15 is 0 Å². The first-order valence-corrected chi connectivity index (χ1v) is 9.13. The molecule has 3 aromatic heterocycles. The summed E-state index contributed by atoms with van der Waals surface area (Å²) in [7, 11) is 0. The molecule has 0 spiro atoms. The van der Waals surface area contributed by atoms with Crippen molar-refractivity contribution in [3.8, 4) is 11.4 Å². The van der Waals surface area contributed by atoms with Gasteiger partial charge in [0.05, 0.1) is 5.52 Å². The summed E-state index contributed by atoms with van der Waals surface area (Å²) in [6, 6.07) is 11.0. The monoisotopic (exact) mass is 375 g/mol. The van der Waals surface area contributed by atoms with Crippen molar-refractivity contribution in [3.05, 3.63) is 54.7 Å². The maximum absolute atomic E-state index is 12.8. The second kappa shape index (κ2) is 6.84. The molecule has 28 heavy (non-hydrogen) atoms. The third-order valence-corrected chi connectivity index (χ3v) is 5.01. The molecule has 0 bridgehead atoms. The average Bonchev–Trinajstić information content (AvgIpc) is 3.42. The van der Waals surface area contributed by atoms with E-state index in [1.54, 1.807) is 17.3 Å². The lowest BCUT2D eigenvalue weighted by atomic mass is 9.97. The number of aromatic nitrogens is 6. The smallest absolute Gasteiger partial charge is 0.339 e. The summed E-state index contributed by atoms with van der Waals surface area (Å²) in [5.74, 6) is 1.28. The molecule has 0 radical (unpaired) electrons. The number of pyridine rings is 1. The molecule has 140 valence electrons. The first-order chi connectivity index (χ1) is 13.8. The van der Waals surface area contributed by atoms with Crippen LogP contribution in [0.25, 0.3) is 22.4 Å². The van der Waals surface area contributed by atoms with Crippen molar-refractivity contribution in [2.24, 2.45) is 0 Å². The largest absolute Gasteiger partial charge is 0.346 e. The maximum atomic E-state index is 12.8. The quantitative estimate of drug-likeness (QED) is 0.531. The zero-order chi connectivity index (χ0) is 18.9. The van der Waals surface area contributed by atoms with Crippen LogP contribution in [0.1, 0.15) is 24.7 Å². The van der Waals surface area contributed by atoms with E-state index in [1.165, 1.54) is 4.68 Å². The first-order valence-electron chi connectivity index (χ1n) is 9.13. The van der Waals surface area contributed by atoms with Gasteiger partial charge in [-0.15, -0.1) is 5.10 Å². The number of carbonyl (C=O) groups is 1. The highest BCUT2D eigenvalue weighted by molar-refractivity contribution is 5.87. The second-order valence-corrected chi connectivity index (χ2v) is 6.73. The van der Waals surface area contributed by atoms with Gasteiger partial charge >= 0.3 is 6.03 Å². The Hall–Kier alpha value is -3.62. The predicted molar refractivity (Wildman–Crippen MR) is 99.4 cm³/mol. The number of nitrogens with zero attached hydrogens (tertiary/aromatic N) is 7. The molecular formula is C19H17N7O2. The van der Waals surface area contributed by atoms with Crippen LogP contribution in [-0.4, -0.2) is 54.1 Å². The number of para-hydroxylation sites is 1. The molecule has 0 N–H and O–H groups in total. The maximum Gasteiger partial charge on any atom is 0.346 e. The molecule has 0 atom stereocenters. The molecule has 0 aliphatic carbocycles. The summed E-state index contributed by atoms with van der Waals surface area (Å²) >= 11 is 0. The summed E-state index contributed by atoms with van der Waals surface area (Å²) in [6.45, 7) is 1.20. The molecule has 9 nitrogen and oxygen atoms in total. The second-order valence-electron chi connectivity index (χ2n) is 6.73. The van der Waals surface area contributed by atoms with E-state index in [0.29, 0.717) is 35.8 Å². The number of rotatable bonds is 2. The average molecular weight is 375 g/mol. The summed E-state index contributed by atoms with van der Waals surface area (Å²) in [4.78, 5) is 23.2. The van der Waals surface area contributed by atoms with Crippen molar-refractivity contribution in [1.82, 2.24) is 35.0 Å². The molecule has 0 saturated carbocycles. The minimum absolute atomic E-state index is 0.134. The van der Waals surface area contributed by atoms with Gasteiger partial charge in [-0.3, -0.25) is 4.98 Å². The van der Waals surface area contributed by atoms with E-state index in [0.717, 1.165) is 18.4 Å². The molecule has 1 aliphatic heterocycles. The van der Waals surface area contributed by atoms with Crippen molar-refractivity contribution in [1.29, 1.82) is 0 Å². The van der Waals surface area contributed by atoms with Crippen LogP contribution in [0.3, 0.4) is 0 Å². The third kappa shape index (κ3) is 2.90. The lowest BCUT2D eigenvalue weighted by Crippen LogP contribution is -2.40. The van der Waals surface area contributed by atoms with Gasteiger partial charge in [-0.2, -0.15) is 9.67 Å². The minimum atomic E-state index is -0.159. The fraction of sp³-hybridized carbons (Fsp3) is 0.263. The number of carbonyl (C=O) groups excluding carboxylic acids is 1. The fourth-order valence-corrected chi connectivity index (χ4v) is 3.48. The third-order valence-electron chi connectivity index (χ3n) is 5.01. The predicted octanol–water partition coefficient (Wildman–Crippen LogP) is 2.72.